The third-order valence-corrected chi connectivity index (χ3v) is 3.18. The van der Waals surface area contributed by atoms with Gasteiger partial charge in [-0.1, -0.05) is 0 Å². The fraction of sp³-hybridized carbons (Fsp3) is 0.500. The summed E-state index contributed by atoms with van der Waals surface area (Å²) in [6.07, 6.45) is -2.08. The fourth-order valence-electron chi connectivity index (χ4n) is 2.26. The van der Waals surface area contributed by atoms with Gasteiger partial charge < -0.3 is 10.6 Å². The third kappa shape index (κ3) is 3.36. The van der Waals surface area contributed by atoms with Gasteiger partial charge in [0.1, 0.15) is 5.69 Å². The lowest BCUT2D eigenvalue weighted by molar-refractivity contribution is -0.141. The van der Waals surface area contributed by atoms with Crippen LogP contribution in [0.25, 0.3) is 0 Å². The molecular formula is C12H14F3N3O. The van der Waals surface area contributed by atoms with Gasteiger partial charge in [-0.2, -0.15) is 13.2 Å². The highest BCUT2D eigenvalue weighted by molar-refractivity contribution is 5.74. The van der Waals surface area contributed by atoms with Crippen LogP contribution in [0.15, 0.2) is 18.3 Å². The maximum atomic E-state index is 12.4. The Morgan fingerprint density at radius 2 is 2.21 bits per heavy atom. The van der Waals surface area contributed by atoms with Gasteiger partial charge in [0, 0.05) is 19.5 Å². The zero-order chi connectivity index (χ0) is 14.0. The Kier molecular flexibility index (Phi) is 3.64. The number of nitrogens with zero attached hydrogens (tertiary/aromatic N) is 2. The molecule has 1 aliphatic rings. The van der Waals surface area contributed by atoms with Gasteiger partial charge in [0.15, 0.2) is 0 Å². The van der Waals surface area contributed by atoms with Crippen LogP contribution in [0.2, 0.25) is 0 Å². The minimum atomic E-state index is -4.42. The van der Waals surface area contributed by atoms with Gasteiger partial charge in [0.25, 0.3) is 0 Å². The molecule has 1 aromatic heterocycles. The molecule has 1 aromatic rings. The monoisotopic (exact) mass is 273 g/mol. The summed E-state index contributed by atoms with van der Waals surface area (Å²) in [4.78, 5) is 16.2. The first kappa shape index (κ1) is 13.6. The predicted molar refractivity (Wildman–Crippen MR) is 63.4 cm³/mol. The average Bonchev–Trinajstić information content (AvgIpc) is 2.75. The van der Waals surface area contributed by atoms with Crippen LogP contribution in [0.1, 0.15) is 18.5 Å². The number of hydrogen-bond donors (Lipinski definition) is 1. The van der Waals surface area contributed by atoms with Crippen LogP contribution in [-0.2, 0) is 11.0 Å². The summed E-state index contributed by atoms with van der Waals surface area (Å²) >= 11 is 0. The molecule has 0 radical (unpaired) electrons. The Bertz CT molecular complexity index is 458. The van der Waals surface area contributed by atoms with E-state index in [4.69, 9.17) is 5.73 Å². The van der Waals surface area contributed by atoms with Crippen LogP contribution in [0.4, 0.5) is 18.9 Å². The molecule has 7 heteroatoms. The Hall–Kier alpha value is -1.79. The lowest BCUT2D eigenvalue weighted by Gasteiger charge is -2.18. The zero-order valence-electron chi connectivity index (χ0n) is 10.2. The van der Waals surface area contributed by atoms with Gasteiger partial charge in [-0.25, -0.2) is 4.98 Å². The number of alkyl halides is 3. The number of anilines is 1. The lowest BCUT2D eigenvalue weighted by atomic mass is 10.1. The van der Waals surface area contributed by atoms with Crippen molar-refractivity contribution in [2.45, 2.75) is 19.0 Å². The summed E-state index contributed by atoms with van der Waals surface area (Å²) in [5.74, 6) is -0.183. The molecule has 2 heterocycles. The van der Waals surface area contributed by atoms with Gasteiger partial charge >= 0.3 is 6.18 Å². The maximum absolute atomic E-state index is 12.4. The summed E-state index contributed by atoms with van der Waals surface area (Å²) in [5, 5.41) is 0. The smallest absolute Gasteiger partial charge is 0.370 e. The van der Waals surface area contributed by atoms with Crippen LogP contribution in [0, 0.1) is 5.92 Å². The average molecular weight is 273 g/mol. The Morgan fingerprint density at radius 1 is 1.47 bits per heavy atom. The first-order chi connectivity index (χ1) is 8.86. The summed E-state index contributed by atoms with van der Waals surface area (Å²) in [5.41, 5.74) is 4.87. The third-order valence-electron chi connectivity index (χ3n) is 3.18. The number of primary amides is 1. The van der Waals surface area contributed by atoms with E-state index < -0.39 is 11.9 Å². The topological polar surface area (TPSA) is 59.2 Å². The van der Waals surface area contributed by atoms with E-state index in [1.807, 2.05) is 4.90 Å². The van der Waals surface area contributed by atoms with E-state index in [-0.39, 0.29) is 11.8 Å². The minimum absolute atomic E-state index is 0.166. The van der Waals surface area contributed by atoms with Gasteiger partial charge in [-0.3, -0.25) is 4.79 Å². The second-order valence-electron chi connectivity index (χ2n) is 4.67. The molecule has 19 heavy (non-hydrogen) atoms. The van der Waals surface area contributed by atoms with Crippen molar-refractivity contribution >= 4 is 11.6 Å². The molecule has 104 valence electrons. The van der Waals surface area contributed by atoms with Gasteiger partial charge in [0.05, 0.1) is 11.9 Å². The maximum Gasteiger partial charge on any atom is 0.433 e. The van der Waals surface area contributed by atoms with E-state index >= 15 is 0 Å². The van der Waals surface area contributed by atoms with Crippen LogP contribution in [0.3, 0.4) is 0 Å². The van der Waals surface area contributed by atoms with E-state index in [1.54, 1.807) is 0 Å². The van der Waals surface area contributed by atoms with Crippen LogP contribution in [0.5, 0.6) is 0 Å². The van der Waals surface area contributed by atoms with Gasteiger partial charge in [0.2, 0.25) is 5.91 Å². The highest BCUT2D eigenvalue weighted by Gasteiger charge is 2.32. The van der Waals surface area contributed by atoms with E-state index in [0.29, 0.717) is 25.2 Å². The molecule has 1 fully saturated rings. The van der Waals surface area contributed by atoms with E-state index in [9.17, 15) is 18.0 Å². The Labute approximate surface area is 108 Å². The molecule has 2 rings (SSSR count). The highest BCUT2D eigenvalue weighted by atomic mass is 19.4. The van der Waals surface area contributed by atoms with Crippen molar-refractivity contribution in [1.29, 1.82) is 0 Å². The fourth-order valence-corrected chi connectivity index (χ4v) is 2.26. The number of hydrogen-bond acceptors (Lipinski definition) is 3. The van der Waals surface area contributed by atoms with Crippen molar-refractivity contribution in [2.24, 2.45) is 11.7 Å². The van der Waals surface area contributed by atoms with Crippen molar-refractivity contribution in [3.63, 3.8) is 0 Å². The Balaban J connectivity index is 2.02. The standard InChI is InChI=1S/C12H14F3N3O/c13-12(14,15)10-2-1-9(6-17-10)18-4-3-8(7-18)5-11(16)19/h1-2,6,8H,3-5,7H2,(H2,16,19)/t8-/m1/s1. The van der Waals surface area contributed by atoms with Crippen LogP contribution < -0.4 is 10.6 Å². The molecule has 1 atom stereocenters. The number of carbonyl (C=O) groups is 1. The van der Waals surface area contributed by atoms with Crippen LogP contribution in [-0.4, -0.2) is 24.0 Å². The number of amides is 1. The number of carbonyl (C=O) groups excluding carboxylic acids is 1. The zero-order valence-corrected chi connectivity index (χ0v) is 10.2. The normalized spacial score (nSPS) is 19.7. The second-order valence-corrected chi connectivity index (χ2v) is 4.67. The predicted octanol–water partition coefficient (Wildman–Crippen LogP) is 1.80. The highest BCUT2D eigenvalue weighted by Crippen LogP contribution is 2.30. The summed E-state index contributed by atoms with van der Waals surface area (Å²) in [6.45, 7) is 1.32. The number of nitrogens with two attached hydrogens (primary N) is 1. The molecule has 1 saturated heterocycles. The lowest BCUT2D eigenvalue weighted by Crippen LogP contribution is -2.22. The first-order valence-corrected chi connectivity index (χ1v) is 5.93. The second kappa shape index (κ2) is 5.07. The van der Waals surface area contributed by atoms with E-state index in [0.717, 1.165) is 12.5 Å². The van der Waals surface area contributed by atoms with Crippen molar-refractivity contribution in [3.05, 3.63) is 24.0 Å². The molecule has 1 amide bonds. The minimum Gasteiger partial charge on any atom is -0.370 e. The molecule has 0 aromatic carbocycles. The van der Waals surface area contributed by atoms with Crippen molar-refractivity contribution in [1.82, 2.24) is 4.98 Å². The van der Waals surface area contributed by atoms with E-state index in [2.05, 4.69) is 4.98 Å². The van der Waals surface area contributed by atoms with Crippen molar-refractivity contribution in [2.75, 3.05) is 18.0 Å². The molecule has 0 spiro atoms. The SMILES string of the molecule is NC(=O)C[C@H]1CCN(c2ccc(C(F)(F)F)nc2)C1. The van der Waals surface area contributed by atoms with Crippen molar-refractivity contribution < 1.29 is 18.0 Å². The number of aromatic nitrogens is 1. The Morgan fingerprint density at radius 3 is 2.74 bits per heavy atom. The summed E-state index contributed by atoms with van der Waals surface area (Å²) in [7, 11) is 0. The largest absolute Gasteiger partial charge is 0.433 e. The van der Waals surface area contributed by atoms with Gasteiger partial charge in [-0.15, -0.1) is 0 Å². The first-order valence-electron chi connectivity index (χ1n) is 5.93. The number of pyridine rings is 1. The van der Waals surface area contributed by atoms with Crippen LogP contribution >= 0.6 is 0 Å². The summed E-state index contributed by atoms with van der Waals surface area (Å²) < 4.78 is 37.1. The molecule has 0 bridgehead atoms. The van der Waals surface area contributed by atoms with E-state index in [1.165, 1.54) is 12.3 Å². The molecule has 4 nitrogen and oxygen atoms in total. The summed E-state index contributed by atoms with van der Waals surface area (Å²) in [6, 6.07) is 2.37. The molecule has 0 saturated carbocycles. The molecule has 0 aliphatic carbocycles. The molecule has 2 N–H and O–H groups in total. The van der Waals surface area contributed by atoms with Gasteiger partial charge in [-0.05, 0) is 24.5 Å². The van der Waals surface area contributed by atoms with Crippen molar-refractivity contribution in [3.8, 4) is 0 Å². The molecule has 1 aliphatic heterocycles. The quantitative estimate of drug-likeness (QED) is 0.913. The number of rotatable bonds is 3. The number of halogens is 3. The molecule has 0 unspecified atom stereocenters. The molecular weight excluding hydrogens is 259 g/mol.